The fraction of sp³-hybridized carbons (Fsp3) is 0.208. The first-order valence-electron chi connectivity index (χ1n) is 9.99. The number of carbonyl (C=O) groups excluding carboxylic acids is 1. The van der Waals surface area contributed by atoms with E-state index < -0.39 is 15.9 Å². The van der Waals surface area contributed by atoms with Gasteiger partial charge in [-0.25, -0.2) is 8.42 Å². The molecule has 0 radical (unpaired) electrons. The molecule has 2 N–H and O–H groups in total. The summed E-state index contributed by atoms with van der Waals surface area (Å²) >= 11 is 6.12. The van der Waals surface area contributed by atoms with E-state index in [1.165, 1.54) is 32.4 Å². The number of carbonyl (C=O) groups is 1. The Morgan fingerprint density at radius 2 is 1.52 bits per heavy atom. The van der Waals surface area contributed by atoms with Crippen LogP contribution in [0.15, 0.2) is 53.4 Å². The fourth-order valence-corrected chi connectivity index (χ4v) is 4.75. The van der Waals surface area contributed by atoms with Crippen LogP contribution in [-0.4, -0.2) is 28.5 Å². The number of hydrogen-bond acceptors (Lipinski definition) is 5. The number of halogens is 1. The van der Waals surface area contributed by atoms with Gasteiger partial charge in [0.05, 0.1) is 29.8 Å². The van der Waals surface area contributed by atoms with E-state index in [0.717, 1.165) is 11.1 Å². The molecule has 3 aromatic carbocycles. The first-order valence-corrected chi connectivity index (χ1v) is 11.9. The molecule has 0 unspecified atom stereocenters. The third kappa shape index (κ3) is 5.40. The highest BCUT2D eigenvalue weighted by Crippen LogP contribution is 2.36. The molecule has 0 spiro atoms. The molecule has 0 saturated heterocycles. The van der Waals surface area contributed by atoms with Crippen molar-refractivity contribution in [3.63, 3.8) is 0 Å². The van der Waals surface area contributed by atoms with E-state index in [0.29, 0.717) is 33.5 Å². The molecule has 0 bridgehead atoms. The van der Waals surface area contributed by atoms with Gasteiger partial charge in [0.1, 0.15) is 11.5 Å². The minimum Gasteiger partial charge on any atom is -0.495 e. The lowest BCUT2D eigenvalue weighted by Crippen LogP contribution is -2.17. The van der Waals surface area contributed by atoms with E-state index in [-0.39, 0.29) is 10.5 Å². The summed E-state index contributed by atoms with van der Waals surface area (Å²) in [7, 11) is -1.02. The molecule has 1 amide bonds. The van der Waals surface area contributed by atoms with E-state index in [1.807, 2.05) is 19.9 Å². The number of amides is 1. The molecule has 0 saturated carbocycles. The van der Waals surface area contributed by atoms with Crippen LogP contribution in [0.5, 0.6) is 11.5 Å². The van der Waals surface area contributed by atoms with E-state index in [9.17, 15) is 13.2 Å². The lowest BCUT2D eigenvalue weighted by Gasteiger charge is -2.15. The minimum atomic E-state index is -3.92. The van der Waals surface area contributed by atoms with Gasteiger partial charge in [0.15, 0.2) is 0 Å². The maximum Gasteiger partial charge on any atom is 0.262 e. The molecule has 9 heteroatoms. The third-order valence-electron chi connectivity index (χ3n) is 5.22. The van der Waals surface area contributed by atoms with Gasteiger partial charge in [-0.2, -0.15) is 0 Å². The van der Waals surface area contributed by atoms with Crippen molar-refractivity contribution < 1.29 is 22.7 Å². The Hall–Kier alpha value is -3.23. The average Bonchev–Trinajstić information content (AvgIpc) is 2.77. The van der Waals surface area contributed by atoms with Crippen LogP contribution in [0, 0.1) is 20.8 Å². The van der Waals surface area contributed by atoms with Crippen LogP contribution < -0.4 is 19.5 Å². The van der Waals surface area contributed by atoms with E-state index in [1.54, 1.807) is 31.2 Å². The highest BCUT2D eigenvalue weighted by atomic mass is 35.5. The number of anilines is 2. The second-order valence-corrected chi connectivity index (χ2v) is 9.58. The van der Waals surface area contributed by atoms with Gasteiger partial charge in [-0.15, -0.1) is 0 Å². The van der Waals surface area contributed by atoms with Gasteiger partial charge in [-0.3, -0.25) is 9.52 Å². The standard InChI is InChI=1S/C24H25ClN2O5S/c1-14-7-9-18(10-16(14)3)27-33(29,30)23-11-17(8-6-15(23)2)24(28)26-20-13-21(31-4)19(25)12-22(20)32-5/h6-13,27H,1-5H3,(H,26,28). The van der Waals surface area contributed by atoms with E-state index >= 15 is 0 Å². The van der Waals surface area contributed by atoms with Crippen molar-refractivity contribution in [2.45, 2.75) is 25.7 Å². The zero-order chi connectivity index (χ0) is 24.3. The van der Waals surface area contributed by atoms with Gasteiger partial charge in [-0.05, 0) is 61.7 Å². The molecular weight excluding hydrogens is 464 g/mol. The number of nitrogens with one attached hydrogen (secondary N) is 2. The minimum absolute atomic E-state index is 0.00836. The monoisotopic (exact) mass is 488 g/mol. The first-order chi connectivity index (χ1) is 15.6. The number of sulfonamides is 1. The van der Waals surface area contributed by atoms with Crippen LogP contribution in [-0.2, 0) is 10.0 Å². The summed E-state index contributed by atoms with van der Waals surface area (Å²) in [6.07, 6.45) is 0. The zero-order valence-corrected chi connectivity index (χ0v) is 20.5. The topological polar surface area (TPSA) is 93.7 Å². The van der Waals surface area contributed by atoms with Crippen molar-refractivity contribution in [3.8, 4) is 11.5 Å². The van der Waals surface area contributed by atoms with E-state index in [2.05, 4.69) is 10.0 Å². The van der Waals surface area contributed by atoms with E-state index in [4.69, 9.17) is 21.1 Å². The van der Waals surface area contributed by atoms with Crippen molar-refractivity contribution in [1.29, 1.82) is 0 Å². The van der Waals surface area contributed by atoms with Crippen LogP contribution >= 0.6 is 11.6 Å². The Morgan fingerprint density at radius 3 is 2.15 bits per heavy atom. The second-order valence-electron chi connectivity index (χ2n) is 7.53. The normalized spacial score (nSPS) is 11.1. The predicted octanol–water partition coefficient (Wildman–Crippen LogP) is 5.34. The molecule has 0 aromatic heterocycles. The summed E-state index contributed by atoms with van der Waals surface area (Å²) in [6, 6.07) is 12.8. The van der Waals surface area contributed by atoms with Gasteiger partial charge >= 0.3 is 0 Å². The van der Waals surface area contributed by atoms with Crippen molar-refractivity contribution in [2.24, 2.45) is 0 Å². The molecule has 0 aliphatic carbocycles. The molecule has 0 heterocycles. The largest absolute Gasteiger partial charge is 0.495 e. The summed E-state index contributed by atoms with van der Waals surface area (Å²) in [5, 5.41) is 3.05. The summed E-state index contributed by atoms with van der Waals surface area (Å²) in [5.41, 5.74) is 3.48. The van der Waals surface area contributed by atoms with Crippen LogP contribution in [0.3, 0.4) is 0 Å². The Kier molecular flexibility index (Phi) is 7.19. The van der Waals surface area contributed by atoms with Crippen LogP contribution in [0.25, 0.3) is 0 Å². The number of ether oxygens (including phenoxy) is 2. The SMILES string of the molecule is COc1cc(NC(=O)c2ccc(C)c(S(=O)(=O)Nc3ccc(C)c(C)c3)c2)c(OC)cc1Cl. The average molecular weight is 489 g/mol. The molecule has 3 rings (SSSR count). The Bertz CT molecular complexity index is 1320. The van der Waals surface area contributed by atoms with Gasteiger partial charge in [0, 0.05) is 23.4 Å². The van der Waals surface area contributed by atoms with Crippen LogP contribution in [0.4, 0.5) is 11.4 Å². The zero-order valence-electron chi connectivity index (χ0n) is 18.9. The fourth-order valence-electron chi connectivity index (χ4n) is 3.20. The molecule has 0 fully saturated rings. The Labute approximate surface area is 198 Å². The van der Waals surface area contributed by atoms with Crippen molar-refractivity contribution in [2.75, 3.05) is 24.3 Å². The van der Waals surface area contributed by atoms with Crippen molar-refractivity contribution in [3.05, 3.63) is 75.8 Å². The summed E-state index contributed by atoms with van der Waals surface area (Å²) < 4.78 is 39.2. The van der Waals surface area contributed by atoms with Gasteiger partial charge in [-0.1, -0.05) is 23.7 Å². The highest BCUT2D eigenvalue weighted by Gasteiger charge is 2.21. The predicted molar refractivity (Wildman–Crippen MR) is 130 cm³/mol. The van der Waals surface area contributed by atoms with Crippen molar-refractivity contribution in [1.82, 2.24) is 0 Å². The number of benzene rings is 3. The van der Waals surface area contributed by atoms with Crippen LogP contribution in [0.2, 0.25) is 5.02 Å². The molecule has 33 heavy (non-hydrogen) atoms. The second kappa shape index (κ2) is 9.72. The van der Waals surface area contributed by atoms with Crippen molar-refractivity contribution >= 4 is 38.9 Å². The molecule has 174 valence electrons. The molecule has 3 aromatic rings. The summed E-state index contributed by atoms with van der Waals surface area (Å²) in [6.45, 7) is 5.53. The highest BCUT2D eigenvalue weighted by molar-refractivity contribution is 7.92. The maximum atomic E-state index is 13.1. The third-order valence-corrected chi connectivity index (χ3v) is 7.04. The van der Waals surface area contributed by atoms with Gasteiger partial charge < -0.3 is 14.8 Å². The van der Waals surface area contributed by atoms with Gasteiger partial charge in [0.25, 0.3) is 15.9 Å². The molecule has 7 nitrogen and oxygen atoms in total. The lowest BCUT2D eigenvalue weighted by molar-refractivity contribution is 0.102. The molecule has 0 aliphatic heterocycles. The quantitative estimate of drug-likeness (QED) is 0.468. The number of rotatable bonds is 7. The lowest BCUT2D eigenvalue weighted by atomic mass is 10.1. The summed E-state index contributed by atoms with van der Waals surface area (Å²) in [4.78, 5) is 13.0. The first kappa shape index (κ1) is 24.4. The summed E-state index contributed by atoms with van der Waals surface area (Å²) in [5.74, 6) is 0.184. The number of methoxy groups -OCH3 is 2. The smallest absolute Gasteiger partial charge is 0.262 e. The van der Waals surface area contributed by atoms with Crippen LogP contribution in [0.1, 0.15) is 27.0 Å². The Morgan fingerprint density at radius 1 is 0.848 bits per heavy atom. The molecule has 0 aliphatic rings. The number of hydrogen-bond donors (Lipinski definition) is 2. The molecular formula is C24H25ClN2O5S. The molecule has 0 atom stereocenters. The number of aryl methyl sites for hydroxylation is 3. The van der Waals surface area contributed by atoms with Gasteiger partial charge in [0.2, 0.25) is 0 Å². The Balaban J connectivity index is 1.92. The maximum absolute atomic E-state index is 13.1.